The third-order valence-corrected chi connectivity index (χ3v) is 8.49. The number of benzene rings is 2. The van der Waals surface area contributed by atoms with Crippen LogP contribution in [0.25, 0.3) is 5.57 Å². The number of carbonyl (C=O) groups is 1. The average molecular weight is 566 g/mol. The van der Waals surface area contributed by atoms with Crippen molar-refractivity contribution in [1.29, 1.82) is 0 Å². The highest BCUT2D eigenvalue weighted by Gasteiger charge is 2.29. The van der Waals surface area contributed by atoms with Crippen molar-refractivity contribution in [2.24, 2.45) is 5.92 Å². The van der Waals surface area contributed by atoms with Crippen molar-refractivity contribution in [3.8, 4) is 0 Å². The first-order chi connectivity index (χ1) is 18.8. The summed E-state index contributed by atoms with van der Waals surface area (Å²) < 4.78 is 17.8. The van der Waals surface area contributed by atoms with Crippen molar-refractivity contribution >= 4 is 52.2 Å². The van der Waals surface area contributed by atoms with Crippen LogP contribution in [0.2, 0.25) is 0 Å². The summed E-state index contributed by atoms with van der Waals surface area (Å²) in [5.41, 5.74) is 5.51. The number of anilines is 3. The molecule has 204 valence electrons. The molecular weight excluding hydrogens is 533 g/mol. The van der Waals surface area contributed by atoms with E-state index in [-0.39, 0.29) is 17.4 Å². The van der Waals surface area contributed by atoms with Crippen LogP contribution in [-0.2, 0) is 4.79 Å². The standard InChI is InChI=1S/C31H33ClFN3O2S/c1-19(2)13-23-18-36(24-9-4-3-5-10-24)29-17-28(34-22-8-6-7-21(33)15-22)25(16-30(29)39-35-23)20-11-12-27(32)26(14-20)31(37)38/h3-4,6-9,11,14-17,19,23,27,34-35H,5,10,12-13,18H2,1-2H3,(H,37,38)/t23-,27?/m1/s1. The Hall–Kier alpha value is -3.00. The van der Waals surface area contributed by atoms with Crippen LogP contribution in [0.1, 0.15) is 45.1 Å². The molecule has 0 aromatic heterocycles. The molecule has 0 saturated heterocycles. The van der Waals surface area contributed by atoms with Gasteiger partial charge in [0, 0.05) is 40.1 Å². The molecule has 0 amide bonds. The maximum atomic E-state index is 14.1. The van der Waals surface area contributed by atoms with E-state index >= 15 is 0 Å². The highest BCUT2D eigenvalue weighted by atomic mass is 35.5. The molecule has 5 rings (SSSR count). The highest BCUT2D eigenvalue weighted by Crippen LogP contribution is 2.43. The second kappa shape index (κ2) is 12.0. The molecule has 8 heteroatoms. The summed E-state index contributed by atoms with van der Waals surface area (Å²) in [6.45, 7) is 5.31. The lowest BCUT2D eigenvalue weighted by Gasteiger charge is -2.32. The largest absolute Gasteiger partial charge is 0.478 e. The Balaban J connectivity index is 1.65. The van der Waals surface area contributed by atoms with Crippen LogP contribution >= 0.6 is 23.5 Å². The lowest BCUT2D eigenvalue weighted by Crippen LogP contribution is -2.37. The molecule has 2 aliphatic carbocycles. The Kier molecular flexibility index (Phi) is 8.50. The van der Waals surface area contributed by atoms with Gasteiger partial charge in [-0.3, -0.25) is 4.72 Å². The minimum Gasteiger partial charge on any atom is -0.478 e. The summed E-state index contributed by atoms with van der Waals surface area (Å²) in [5.74, 6) is -0.808. The van der Waals surface area contributed by atoms with Gasteiger partial charge in [-0.15, -0.1) is 11.6 Å². The fraction of sp³-hybridized carbons (Fsp3) is 0.323. The van der Waals surface area contributed by atoms with E-state index in [4.69, 9.17) is 11.6 Å². The van der Waals surface area contributed by atoms with E-state index < -0.39 is 11.3 Å². The third kappa shape index (κ3) is 6.43. The zero-order valence-electron chi connectivity index (χ0n) is 22.1. The monoisotopic (exact) mass is 565 g/mol. The van der Waals surface area contributed by atoms with E-state index in [1.165, 1.54) is 17.8 Å². The molecule has 2 atom stereocenters. The third-order valence-electron chi connectivity index (χ3n) is 7.08. The molecule has 0 bridgehead atoms. The Morgan fingerprint density at radius 2 is 2.15 bits per heavy atom. The van der Waals surface area contributed by atoms with Crippen molar-refractivity contribution < 1.29 is 14.3 Å². The quantitative estimate of drug-likeness (QED) is 0.233. The molecule has 0 radical (unpaired) electrons. The Labute approximate surface area is 238 Å². The summed E-state index contributed by atoms with van der Waals surface area (Å²) in [7, 11) is 0. The van der Waals surface area contributed by atoms with Crippen LogP contribution < -0.4 is 14.9 Å². The maximum Gasteiger partial charge on any atom is 0.333 e. The van der Waals surface area contributed by atoms with Crippen molar-refractivity contribution in [2.75, 3.05) is 16.8 Å². The van der Waals surface area contributed by atoms with Gasteiger partial charge in [0.05, 0.1) is 16.6 Å². The van der Waals surface area contributed by atoms with Crippen molar-refractivity contribution in [3.05, 3.63) is 89.4 Å². The van der Waals surface area contributed by atoms with Crippen LogP contribution in [0.5, 0.6) is 0 Å². The number of nitrogens with one attached hydrogen (secondary N) is 2. The summed E-state index contributed by atoms with van der Waals surface area (Å²) in [4.78, 5) is 15.4. The number of carboxylic acids is 1. The van der Waals surface area contributed by atoms with Crippen LogP contribution in [0.15, 0.2) is 82.9 Å². The fourth-order valence-corrected chi connectivity index (χ4v) is 6.42. The second-order valence-electron chi connectivity index (χ2n) is 10.6. The number of rotatable bonds is 7. The fourth-order valence-electron chi connectivity index (χ4n) is 5.26. The van der Waals surface area contributed by atoms with Gasteiger partial charge in [0.1, 0.15) is 5.82 Å². The molecule has 1 heterocycles. The summed E-state index contributed by atoms with van der Waals surface area (Å²) >= 11 is 7.95. The van der Waals surface area contributed by atoms with E-state index in [0.29, 0.717) is 18.0 Å². The molecule has 1 aliphatic heterocycles. The lowest BCUT2D eigenvalue weighted by atomic mass is 9.92. The summed E-state index contributed by atoms with van der Waals surface area (Å²) in [5, 5.41) is 12.6. The SMILES string of the molecule is CC(C)C[C@@H]1CN(C2=CC=CCC2)c2cc(Nc3cccc(F)c3)c(C3=CCC(Cl)C(C(=O)O)=C3)cc2SN1. The topological polar surface area (TPSA) is 64.6 Å². The molecule has 2 aromatic rings. The van der Waals surface area contributed by atoms with Crippen LogP contribution in [0.4, 0.5) is 21.5 Å². The number of aliphatic carboxylic acids is 1. The van der Waals surface area contributed by atoms with Crippen LogP contribution in [0, 0.1) is 11.7 Å². The maximum absolute atomic E-state index is 14.1. The molecule has 1 unspecified atom stereocenters. The Morgan fingerprint density at radius 3 is 2.87 bits per heavy atom. The first kappa shape index (κ1) is 27.6. The van der Waals surface area contributed by atoms with Gasteiger partial charge in [-0.1, -0.05) is 38.1 Å². The van der Waals surface area contributed by atoms with Gasteiger partial charge in [0.25, 0.3) is 0 Å². The van der Waals surface area contributed by atoms with Crippen molar-refractivity contribution in [3.63, 3.8) is 0 Å². The Morgan fingerprint density at radius 1 is 1.31 bits per heavy atom. The molecule has 39 heavy (non-hydrogen) atoms. The zero-order chi connectivity index (χ0) is 27.5. The number of carboxylic acid groups (broad SMARTS) is 1. The number of halogens is 2. The van der Waals surface area contributed by atoms with E-state index in [2.05, 4.69) is 59.1 Å². The summed E-state index contributed by atoms with van der Waals surface area (Å²) in [6.07, 6.45) is 13.5. The summed E-state index contributed by atoms with van der Waals surface area (Å²) in [6, 6.07) is 10.9. The predicted molar refractivity (Wildman–Crippen MR) is 160 cm³/mol. The number of fused-ring (bicyclic) bond motifs is 1. The number of hydrogen-bond donors (Lipinski definition) is 3. The molecule has 0 fully saturated rings. The normalized spacial score (nSPS) is 21.1. The van der Waals surface area contributed by atoms with Gasteiger partial charge in [0.2, 0.25) is 0 Å². The number of hydrogen-bond acceptors (Lipinski definition) is 5. The zero-order valence-corrected chi connectivity index (χ0v) is 23.7. The first-order valence-electron chi connectivity index (χ1n) is 13.3. The smallest absolute Gasteiger partial charge is 0.333 e. The van der Waals surface area contributed by atoms with Gasteiger partial charge in [-0.05, 0) is 91.6 Å². The molecule has 3 aliphatic rings. The predicted octanol–water partition coefficient (Wildman–Crippen LogP) is 8.04. The molecule has 5 nitrogen and oxygen atoms in total. The minimum atomic E-state index is -1.02. The van der Waals surface area contributed by atoms with E-state index in [9.17, 15) is 14.3 Å². The molecular formula is C31H33ClFN3O2S. The van der Waals surface area contributed by atoms with Crippen LogP contribution in [-0.4, -0.2) is 29.0 Å². The lowest BCUT2D eigenvalue weighted by molar-refractivity contribution is -0.132. The molecule has 3 N–H and O–H groups in total. The van der Waals surface area contributed by atoms with Gasteiger partial charge >= 0.3 is 5.97 Å². The van der Waals surface area contributed by atoms with Gasteiger partial charge in [-0.2, -0.15) is 0 Å². The van der Waals surface area contributed by atoms with Crippen molar-refractivity contribution in [1.82, 2.24) is 4.72 Å². The second-order valence-corrected chi connectivity index (χ2v) is 12.0. The Bertz CT molecular complexity index is 1380. The van der Waals surface area contributed by atoms with Gasteiger partial charge < -0.3 is 15.3 Å². The highest BCUT2D eigenvalue weighted by molar-refractivity contribution is 7.97. The molecule has 0 saturated carbocycles. The first-order valence-corrected chi connectivity index (χ1v) is 14.6. The average Bonchev–Trinajstić information content (AvgIpc) is 3.08. The molecule has 0 spiro atoms. The number of allylic oxidation sites excluding steroid dienone is 7. The number of alkyl halides is 1. The van der Waals surface area contributed by atoms with Gasteiger partial charge in [0.15, 0.2) is 0 Å². The van der Waals surface area contributed by atoms with E-state index in [1.54, 1.807) is 24.1 Å². The van der Waals surface area contributed by atoms with Crippen molar-refractivity contribution in [2.45, 2.75) is 55.8 Å². The van der Waals surface area contributed by atoms with E-state index in [0.717, 1.165) is 53.2 Å². The van der Waals surface area contributed by atoms with Crippen LogP contribution in [0.3, 0.4) is 0 Å². The number of nitrogens with zero attached hydrogens (tertiary/aromatic N) is 1. The minimum absolute atomic E-state index is 0.171. The molecule has 2 aromatic carbocycles. The van der Waals surface area contributed by atoms with Gasteiger partial charge in [-0.25, -0.2) is 9.18 Å². The van der Waals surface area contributed by atoms with E-state index in [1.807, 2.05) is 12.1 Å².